The second-order valence-corrected chi connectivity index (χ2v) is 10.4. The van der Waals surface area contributed by atoms with Crippen LogP contribution in [0.5, 0.6) is 0 Å². The number of carbonyl (C=O) groups excluding carboxylic acids is 1. The van der Waals surface area contributed by atoms with E-state index in [9.17, 15) is 14.7 Å². The lowest BCUT2D eigenvalue weighted by atomic mass is 9.80. The summed E-state index contributed by atoms with van der Waals surface area (Å²) in [5.41, 5.74) is 9.24. The third-order valence-electron chi connectivity index (χ3n) is 7.02. The van der Waals surface area contributed by atoms with Crippen LogP contribution in [-0.4, -0.2) is 51.7 Å². The van der Waals surface area contributed by atoms with Crippen molar-refractivity contribution in [3.05, 3.63) is 54.9 Å². The molecule has 1 aliphatic rings. The molecule has 0 radical (unpaired) electrons. The number of carbonyl (C=O) groups is 2. The van der Waals surface area contributed by atoms with Crippen molar-refractivity contribution >= 4 is 44.5 Å². The zero-order valence-electron chi connectivity index (χ0n) is 20.7. The molecule has 3 aromatic heterocycles. The normalized spacial score (nSPS) is 15.0. The molecule has 190 valence electrons. The number of thiazole rings is 1. The average molecular weight is 517 g/mol. The lowest BCUT2D eigenvalue weighted by molar-refractivity contribution is -0.149. The Morgan fingerprint density at radius 3 is 2.51 bits per heavy atom. The van der Waals surface area contributed by atoms with Crippen LogP contribution in [0.1, 0.15) is 26.7 Å². The maximum atomic E-state index is 11.9. The first kappa shape index (κ1) is 24.6. The van der Waals surface area contributed by atoms with Crippen molar-refractivity contribution in [1.82, 2.24) is 15.0 Å². The van der Waals surface area contributed by atoms with Crippen molar-refractivity contribution in [3.63, 3.8) is 0 Å². The second kappa shape index (κ2) is 9.78. The van der Waals surface area contributed by atoms with Gasteiger partial charge in [0.15, 0.2) is 5.13 Å². The minimum absolute atomic E-state index is 0.425. The van der Waals surface area contributed by atoms with Gasteiger partial charge in [0.1, 0.15) is 5.82 Å². The Hall–Kier alpha value is -4.05. The Morgan fingerprint density at radius 1 is 1.14 bits per heavy atom. The second-order valence-electron chi connectivity index (χ2n) is 9.42. The molecule has 37 heavy (non-hydrogen) atoms. The first-order chi connectivity index (χ1) is 17.8. The van der Waals surface area contributed by atoms with Gasteiger partial charge in [-0.25, -0.2) is 14.8 Å². The molecule has 1 saturated heterocycles. The molecule has 0 unspecified atom stereocenters. The summed E-state index contributed by atoms with van der Waals surface area (Å²) in [6.07, 6.45) is 4.75. The summed E-state index contributed by atoms with van der Waals surface area (Å²) in [4.78, 5) is 41.1. The molecule has 0 bridgehead atoms. The number of primary amides is 1. The molecule has 9 nitrogen and oxygen atoms in total. The highest BCUT2D eigenvalue weighted by Gasteiger charge is 2.37. The van der Waals surface area contributed by atoms with E-state index < -0.39 is 17.4 Å². The molecular formula is C27H28N6O3S. The van der Waals surface area contributed by atoms with E-state index in [0.717, 1.165) is 38.4 Å². The molecule has 5 rings (SSSR count). The first-order valence-corrected chi connectivity index (χ1v) is 13.0. The molecule has 10 heteroatoms. The Kier molecular flexibility index (Phi) is 6.51. The summed E-state index contributed by atoms with van der Waals surface area (Å²) in [6.45, 7) is 5.40. The number of aliphatic carboxylic acids is 1. The SMILES string of the molecule is CCN(C(N)=O)c1nc2cc(-c3ccc(N4CCC(C)(C(=O)O)CC4)nc3)cc(-c3ccccn3)c2s1. The summed E-state index contributed by atoms with van der Waals surface area (Å²) < 4.78 is 0.927. The van der Waals surface area contributed by atoms with Crippen molar-refractivity contribution < 1.29 is 14.7 Å². The van der Waals surface area contributed by atoms with E-state index in [2.05, 4.69) is 16.0 Å². The van der Waals surface area contributed by atoms with Gasteiger partial charge < -0.3 is 15.7 Å². The molecule has 2 amide bonds. The van der Waals surface area contributed by atoms with E-state index >= 15 is 0 Å². The summed E-state index contributed by atoms with van der Waals surface area (Å²) in [7, 11) is 0. The van der Waals surface area contributed by atoms with Crippen LogP contribution in [0.4, 0.5) is 15.7 Å². The van der Waals surface area contributed by atoms with Crippen molar-refractivity contribution in [1.29, 1.82) is 0 Å². The molecule has 3 N–H and O–H groups in total. The van der Waals surface area contributed by atoms with E-state index in [4.69, 9.17) is 15.7 Å². The molecule has 0 saturated carbocycles. The quantitative estimate of drug-likeness (QED) is 0.369. The number of hydrogen-bond acceptors (Lipinski definition) is 7. The molecule has 1 aliphatic heterocycles. The highest BCUT2D eigenvalue weighted by Crippen LogP contribution is 2.39. The van der Waals surface area contributed by atoms with Gasteiger partial charge in [-0.1, -0.05) is 17.4 Å². The zero-order chi connectivity index (χ0) is 26.2. The van der Waals surface area contributed by atoms with Crippen LogP contribution in [0.2, 0.25) is 0 Å². The van der Waals surface area contributed by atoms with Crippen LogP contribution >= 0.6 is 11.3 Å². The number of nitrogens with zero attached hydrogens (tertiary/aromatic N) is 5. The molecule has 4 aromatic rings. The summed E-state index contributed by atoms with van der Waals surface area (Å²) in [5.74, 6) is 0.0934. The summed E-state index contributed by atoms with van der Waals surface area (Å²) in [5, 5.41) is 10.0. The van der Waals surface area contributed by atoms with Crippen molar-refractivity contribution in [2.75, 3.05) is 29.4 Å². The summed E-state index contributed by atoms with van der Waals surface area (Å²) >= 11 is 1.42. The third kappa shape index (κ3) is 4.72. The van der Waals surface area contributed by atoms with Crippen LogP contribution in [0, 0.1) is 5.41 Å². The minimum atomic E-state index is -0.738. The number of carboxylic acids is 1. The predicted octanol–water partition coefficient (Wildman–Crippen LogP) is 5.02. The maximum Gasteiger partial charge on any atom is 0.321 e. The lowest BCUT2D eigenvalue weighted by Gasteiger charge is -2.37. The van der Waals surface area contributed by atoms with Gasteiger partial charge in [0, 0.05) is 43.2 Å². The van der Waals surface area contributed by atoms with Crippen LogP contribution in [-0.2, 0) is 4.79 Å². The van der Waals surface area contributed by atoms with E-state index in [1.54, 1.807) is 6.20 Å². The van der Waals surface area contributed by atoms with Gasteiger partial charge in [-0.05, 0) is 68.7 Å². The van der Waals surface area contributed by atoms with Gasteiger partial charge >= 0.3 is 12.0 Å². The molecule has 0 aliphatic carbocycles. The smallest absolute Gasteiger partial charge is 0.321 e. The number of hydrogen-bond donors (Lipinski definition) is 2. The monoisotopic (exact) mass is 516 g/mol. The Morgan fingerprint density at radius 2 is 1.92 bits per heavy atom. The van der Waals surface area contributed by atoms with Gasteiger partial charge in [0.2, 0.25) is 0 Å². The molecule has 1 fully saturated rings. The minimum Gasteiger partial charge on any atom is -0.481 e. The number of piperidine rings is 1. The molecule has 0 spiro atoms. The van der Waals surface area contributed by atoms with Gasteiger partial charge in [-0.3, -0.25) is 14.7 Å². The largest absolute Gasteiger partial charge is 0.481 e. The topological polar surface area (TPSA) is 126 Å². The van der Waals surface area contributed by atoms with Crippen molar-refractivity contribution in [3.8, 4) is 22.4 Å². The molecule has 0 atom stereocenters. The highest BCUT2D eigenvalue weighted by atomic mass is 32.1. The number of rotatable bonds is 6. The number of benzene rings is 1. The number of aromatic nitrogens is 3. The van der Waals surface area contributed by atoms with Gasteiger partial charge in [-0.2, -0.15) is 0 Å². The van der Waals surface area contributed by atoms with Crippen LogP contribution in [0.25, 0.3) is 32.6 Å². The van der Waals surface area contributed by atoms with Gasteiger partial charge in [0.05, 0.1) is 21.3 Å². The van der Waals surface area contributed by atoms with Crippen molar-refractivity contribution in [2.24, 2.45) is 11.1 Å². The van der Waals surface area contributed by atoms with Gasteiger partial charge in [0.25, 0.3) is 0 Å². The zero-order valence-corrected chi connectivity index (χ0v) is 21.5. The van der Waals surface area contributed by atoms with E-state index in [1.165, 1.54) is 16.2 Å². The van der Waals surface area contributed by atoms with Crippen LogP contribution in [0.3, 0.4) is 0 Å². The fraction of sp³-hybridized carbons (Fsp3) is 0.296. The third-order valence-corrected chi connectivity index (χ3v) is 8.15. The molecule has 1 aromatic carbocycles. The van der Waals surface area contributed by atoms with Crippen molar-refractivity contribution in [2.45, 2.75) is 26.7 Å². The number of pyridine rings is 2. The lowest BCUT2D eigenvalue weighted by Crippen LogP contribution is -2.43. The fourth-order valence-electron chi connectivity index (χ4n) is 4.59. The number of amides is 2. The van der Waals surface area contributed by atoms with Crippen LogP contribution in [0.15, 0.2) is 54.9 Å². The maximum absolute atomic E-state index is 11.9. The number of nitrogens with two attached hydrogens (primary N) is 1. The van der Waals surface area contributed by atoms with E-state index in [1.807, 2.05) is 56.4 Å². The molecule has 4 heterocycles. The van der Waals surface area contributed by atoms with Crippen LogP contribution < -0.4 is 15.5 Å². The Bertz CT molecular complexity index is 1450. The highest BCUT2D eigenvalue weighted by molar-refractivity contribution is 7.23. The standard InChI is InChI=1S/C27H28N6O3S/c1-3-33(25(28)36)26-31-21-15-18(14-19(23(21)37-26)20-6-4-5-11-29-20)17-7-8-22(30-16-17)32-12-9-27(2,10-13-32)24(34)35/h4-8,11,14-16H,3,9-10,12-13H2,1-2H3,(H2,28,36)(H,34,35). The number of fused-ring (bicyclic) bond motifs is 1. The first-order valence-electron chi connectivity index (χ1n) is 12.2. The fourth-order valence-corrected chi connectivity index (χ4v) is 5.73. The number of anilines is 2. The van der Waals surface area contributed by atoms with Gasteiger partial charge in [-0.15, -0.1) is 0 Å². The van der Waals surface area contributed by atoms with E-state index in [0.29, 0.717) is 37.6 Å². The Balaban J connectivity index is 1.50. The average Bonchev–Trinajstić information content (AvgIpc) is 3.33. The molecular weight excluding hydrogens is 488 g/mol. The summed E-state index contributed by atoms with van der Waals surface area (Å²) in [6, 6.07) is 13.3. The number of urea groups is 1. The predicted molar refractivity (Wildman–Crippen MR) is 146 cm³/mol. The number of carboxylic acid groups (broad SMARTS) is 1. The Labute approximate surface area is 218 Å². The van der Waals surface area contributed by atoms with E-state index in [-0.39, 0.29) is 0 Å².